The van der Waals surface area contributed by atoms with Crippen LogP contribution < -0.4 is 4.74 Å². The van der Waals surface area contributed by atoms with Crippen LogP contribution >= 0.6 is 0 Å². The van der Waals surface area contributed by atoms with Crippen molar-refractivity contribution in [3.63, 3.8) is 0 Å². The number of aromatic nitrogens is 1. The van der Waals surface area contributed by atoms with E-state index in [1.54, 1.807) is 6.20 Å². The summed E-state index contributed by atoms with van der Waals surface area (Å²) in [6.07, 6.45) is 1.76. The van der Waals surface area contributed by atoms with Crippen molar-refractivity contribution < 1.29 is 9.13 Å². The van der Waals surface area contributed by atoms with Crippen LogP contribution in [0, 0.1) is 6.92 Å². The number of nitrogens with zero attached hydrogens (tertiary/aromatic N) is 2. The van der Waals surface area contributed by atoms with Crippen LogP contribution in [0.5, 0.6) is 5.88 Å². The molecule has 0 bridgehead atoms. The normalized spacial score (nSPS) is 14.2. The Balaban J connectivity index is 2.43. The molecule has 0 amide bonds. The van der Waals surface area contributed by atoms with Crippen LogP contribution in [-0.2, 0) is 6.54 Å². The molecule has 0 unspecified atom stereocenters. The molecule has 2 rings (SSSR count). The fraction of sp³-hybridized carbons (Fsp3) is 0.417. The first-order chi connectivity index (χ1) is 7.65. The summed E-state index contributed by atoms with van der Waals surface area (Å²) < 4.78 is 17.4. The molecule has 0 N–H and O–H groups in total. The van der Waals surface area contributed by atoms with E-state index in [-0.39, 0.29) is 6.61 Å². The highest BCUT2D eigenvalue weighted by molar-refractivity contribution is 5.73. The van der Waals surface area contributed by atoms with Gasteiger partial charge in [0.2, 0.25) is 5.88 Å². The van der Waals surface area contributed by atoms with Crippen molar-refractivity contribution in [2.24, 2.45) is 0 Å². The van der Waals surface area contributed by atoms with Crippen LogP contribution in [0.2, 0.25) is 0 Å². The Bertz CT molecular complexity index is 431. The molecular weight excluding hydrogens is 207 g/mol. The molecule has 1 aromatic heterocycles. The maximum atomic E-state index is 12.1. The van der Waals surface area contributed by atoms with Crippen molar-refractivity contribution in [2.75, 3.05) is 20.3 Å². The van der Waals surface area contributed by atoms with Crippen molar-refractivity contribution in [2.45, 2.75) is 13.5 Å². The molecule has 0 spiro atoms. The van der Waals surface area contributed by atoms with E-state index >= 15 is 0 Å². The number of hydrogen-bond donors (Lipinski definition) is 0. The summed E-state index contributed by atoms with van der Waals surface area (Å²) in [7, 11) is 1.97. The van der Waals surface area contributed by atoms with Gasteiger partial charge in [-0.25, -0.2) is 9.37 Å². The molecule has 4 heteroatoms. The number of ether oxygens (including phenoxy) is 1. The highest BCUT2D eigenvalue weighted by Gasteiger charge is 2.25. The van der Waals surface area contributed by atoms with E-state index in [0.717, 1.165) is 23.4 Å². The number of pyridine rings is 1. The predicted octanol–water partition coefficient (Wildman–Crippen LogP) is 2.15. The zero-order valence-corrected chi connectivity index (χ0v) is 9.59. The Morgan fingerprint density at radius 2 is 2.38 bits per heavy atom. The Kier molecular flexibility index (Phi) is 2.81. The minimum atomic E-state index is -0.507. The number of alkyl halides is 1. The third-order valence-electron chi connectivity index (χ3n) is 2.83. The molecule has 16 heavy (non-hydrogen) atoms. The van der Waals surface area contributed by atoms with Crippen molar-refractivity contribution in [1.29, 1.82) is 0 Å². The average molecular weight is 222 g/mol. The van der Waals surface area contributed by atoms with Gasteiger partial charge in [0.15, 0.2) is 0 Å². The van der Waals surface area contributed by atoms with Gasteiger partial charge in [-0.1, -0.05) is 6.58 Å². The zero-order valence-electron chi connectivity index (χ0n) is 9.59. The van der Waals surface area contributed by atoms with E-state index in [1.165, 1.54) is 5.56 Å². The standard InChI is InChI=1S/C12H15FN2O/c1-8-6-14-12(16-5-4-13)11-9(2)15(3)7-10(8)11/h6H,2,4-5,7H2,1,3H3. The molecule has 1 aliphatic rings. The summed E-state index contributed by atoms with van der Waals surface area (Å²) >= 11 is 0. The Morgan fingerprint density at radius 1 is 1.62 bits per heavy atom. The molecular formula is C12H15FN2O. The van der Waals surface area contributed by atoms with Crippen LogP contribution in [0.4, 0.5) is 4.39 Å². The lowest BCUT2D eigenvalue weighted by atomic mass is 10.1. The highest BCUT2D eigenvalue weighted by Crippen LogP contribution is 2.37. The molecule has 0 aliphatic carbocycles. The summed E-state index contributed by atoms with van der Waals surface area (Å²) in [4.78, 5) is 6.24. The minimum absolute atomic E-state index is 0.0412. The van der Waals surface area contributed by atoms with Crippen LogP contribution in [0.3, 0.4) is 0 Å². The molecule has 1 aliphatic heterocycles. The van der Waals surface area contributed by atoms with Gasteiger partial charge in [-0.2, -0.15) is 0 Å². The lowest BCUT2D eigenvalue weighted by Crippen LogP contribution is -2.07. The van der Waals surface area contributed by atoms with Crippen LogP contribution in [0.25, 0.3) is 5.70 Å². The van der Waals surface area contributed by atoms with E-state index in [9.17, 15) is 4.39 Å². The monoisotopic (exact) mass is 222 g/mol. The predicted molar refractivity (Wildman–Crippen MR) is 60.9 cm³/mol. The Hall–Kier alpha value is -1.58. The Labute approximate surface area is 94.5 Å². The average Bonchev–Trinajstić information content (AvgIpc) is 2.57. The van der Waals surface area contributed by atoms with Crippen molar-refractivity contribution in [1.82, 2.24) is 9.88 Å². The van der Waals surface area contributed by atoms with Gasteiger partial charge in [-0.05, 0) is 18.1 Å². The molecule has 0 saturated carbocycles. The van der Waals surface area contributed by atoms with Crippen molar-refractivity contribution in [3.05, 3.63) is 29.5 Å². The van der Waals surface area contributed by atoms with Gasteiger partial charge in [0, 0.05) is 25.5 Å². The van der Waals surface area contributed by atoms with Crippen molar-refractivity contribution >= 4 is 5.70 Å². The molecule has 3 nitrogen and oxygen atoms in total. The van der Waals surface area contributed by atoms with Gasteiger partial charge in [-0.3, -0.25) is 0 Å². The van der Waals surface area contributed by atoms with Gasteiger partial charge < -0.3 is 9.64 Å². The van der Waals surface area contributed by atoms with Crippen molar-refractivity contribution in [3.8, 4) is 5.88 Å². The second-order valence-corrected chi connectivity index (χ2v) is 3.94. The number of aryl methyl sites for hydroxylation is 1. The molecule has 0 aromatic carbocycles. The highest BCUT2D eigenvalue weighted by atomic mass is 19.1. The van der Waals surface area contributed by atoms with Gasteiger partial charge >= 0.3 is 0 Å². The van der Waals surface area contributed by atoms with E-state index in [0.29, 0.717) is 5.88 Å². The minimum Gasteiger partial charge on any atom is -0.474 e. The van der Waals surface area contributed by atoms with Gasteiger partial charge in [0.05, 0.1) is 5.56 Å². The van der Waals surface area contributed by atoms with E-state index in [2.05, 4.69) is 11.6 Å². The summed E-state index contributed by atoms with van der Waals surface area (Å²) in [5, 5.41) is 0. The first kappa shape index (κ1) is 10.9. The largest absolute Gasteiger partial charge is 0.474 e. The molecule has 0 saturated heterocycles. The molecule has 2 heterocycles. The number of rotatable bonds is 3. The summed E-state index contributed by atoms with van der Waals surface area (Å²) in [5.41, 5.74) is 4.11. The smallest absolute Gasteiger partial charge is 0.223 e. The topological polar surface area (TPSA) is 25.4 Å². The number of halogens is 1. The summed E-state index contributed by atoms with van der Waals surface area (Å²) in [5.74, 6) is 0.493. The first-order valence-corrected chi connectivity index (χ1v) is 5.22. The maximum absolute atomic E-state index is 12.1. The summed E-state index contributed by atoms with van der Waals surface area (Å²) in [6.45, 7) is 6.36. The van der Waals surface area contributed by atoms with E-state index in [1.807, 2.05) is 18.9 Å². The maximum Gasteiger partial charge on any atom is 0.223 e. The third kappa shape index (κ3) is 1.64. The molecule has 86 valence electrons. The SMILES string of the molecule is C=C1c2c(OCCF)ncc(C)c2CN1C. The fourth-order valence-electron chi connectivity index (χ4n) is 1.89. The first-order valence-electron chi connectivity index (χ1n) is 5.22. The Morgan fingerprint density at radius 3 is 3.06 bits per heavy atom. The van der Waals surface area contributed by atoms with Gasteiger partial charge in [0.1, 0.15) is 13.3 Å². The lowest BCUT2D eigenvalue weighted by Gasteiger charge is -2.12. The summed E-state index contributed by atoms with van der Waals surface area (Å²) in [6, 6.07) is 0. The molecule has 1 aromatic rings. The third-order valence-corrected chi connectivity index (χ3v) is 2.83. The number of hydrogen-bond acceptors (Lipinski definition) is 3. The van der Waals surface area contributed by atoms with Crippen LogP contribution in [-0.4, -0.2) is 30.2 Å². The second-order valence-electron chi connectivity index (χ2n) is 3.94. The van der Waals surface area contributed by atoms with Crippen LogP contribution in [0.1, 0.15) is 16.7 Å². The number of fused-ring (bicyclic) bond motifs is 1. The molecule has 0 radical (unpaired) electrons. The van der Waals surface area contributed by atoms with E-state index < -0.39 is 6.67 Å². The fourth-order valence-corrected chi connectivity index (χ4v) is 1.89. The van der Waals surface area contributed by atoms with Crippen LogP contribution in [0.15, 0.2) is 12.8 Å². The molecule has 0 atom stereocenters. The lowest BCUT2D eigenvalue weighted by molar-refractivity contribution is 0.263. The molecule has 0 fully saturated rings. The zero-order chi connectivity index (χ0) is 11.7. The second kappa shape index (κ2) is 4.12. The quantitative estimate of drug-likeness (QED) is 0.783. The van der Waals surface area contributed by atoms with Gasteiger partial charge in [-0.15, -0.1) is 0 Å². The van der Waals surface area contributed by atoms with Gasteiger partial charge in [0.25, 0.3) is 0 Å². The van der Waals surface area contributed by atoms with E-state index in [4.69, 9.17) is 4.74 Å².